The van der Waals surface area contributed by atoms with E-state index >= 15 is 0 Å². The molecule has 0 bridgehead atoms. The Morgan fingerprint density at radius 2 is 2.11 bits per heavy atom. The molecule has 3 rings (SSSR count). The summed E-state index contributed by atoms with van der Waals surface area (Å²) in [6.45, 7) is 0.742. The van der Waals surface area contributed by atoms with Crippen molar-refractivity contribution >= 4 is 11.6 Å². The maximum atomic E-state index is 12.0. The van der Waals surface area contributed by atoms with Gasteiger partial charge in [0, 0.05) is 18.0 Å². The number of likely N-dealkylation sites (tertiary alicyclic amines) is 1. The number of pyridine rings is 1. The van der Waals surface area contributed by atoms with Crippen LogP contribution in [0.15, 0.2) is 23.1 Å². The number of hydrogen-bond donors (Lipinski definition) is 2. The van der Waals surface area contributed by atoms with Crippen LogP contribution in [-0.4, -0.2) is 39.2 Å². The zero-order valence-corrected chi connectivity index (χ0v) is 10.6. The minimum absolute atomic E-state index is 0.0232. The minimum Gasteiger partial charge on any atom is -0.398 e. The second kappa shape index (κ2) is 4.09. The molecule has 6 heteroatoms. The molecule has 1 saturated carbocycles. The van der Waals surface area contributed by atoms with E-state index in [9.17, 15) is 14.7 Å². The Labute approximate surface area is 110 Å². The van der Waals surface area contributed by atoms with Crippen LogP contribution in [0.4, 0.5) is 5.69 Å². The highest BCUT2D eigenvalue weighted by atomic mass is 16.3. The van der Waals surface area contributed by atoms with Crippen molar-refractivity contribution in [2.45, 2.75) is 25.0 Å². The van der Waals surface area contributed by atoms with E-state index in [-0.39, 0.29) is 18.0 Å². The summed E-state index contributed by atoms with van der Waals surface area (Å²) < 4.78 is 1.30. The van der Waals surface area contributed by atoms with Crippen LogP contribution < -0.4 is 11.3 Å². The molecule has 1 amide bonds. The molecule has 1 saturated heterocycles. The van der Waals surface area contributed by atoms with Gasteiger partial charge in [0.2, 0.25) is 5.91 Å². The molecule has 19 heavy (non-hydrogen) atoms. The molecule has 0 radical (unpaired) electrons. The van der Waals surface area contributed by atoms with Crippen molar-refractivity contribution in [3.05, 3.63) is 28.7 Å². The largest absolute Gasteiger partial charge is 0.398 e. The minimum atomic E-state index is -0.684. The molecule has 0 spiro atoms. The van der Waals surface area contributed by atoms with Gasteiger partial charge in [0.1, 0.15) is 12.1 Å². The maximum absolute atomic E-state index is 12.0. The van der Waals surface area contributed by atoms with Gasteiger partial charge in [-0.25, -0.2) is 0 Å². The predicted molar refractivity (Wildman–Crippen MR) is 69.4 cm³/mol. The van der Waals surface area contributed by atoms with Crippen LogP contribution in [0.5, 0.6) is 0 Å². The third-order valence-electron chi connectivity index (χ3n) is 3.93. The van der Waals surface area contributed by atoms with E-state index in [1.54, 1.807) is 4.90 Å². The molecule has 102 valence electrons. The molecule has 6 nitrogen and oxygen atoms in total. The number of nitrogen functional groups attached to an aromatic ring is 1. The summed E-state index contributed by atoms with van der Waals surface area (Å²) in [6, 6.07) is 2.86. The zero-order chi connectivity index (χ0) is 13.6. The van der Waals surface area contributed by atoms with Gasteiger partial charge in [-0.1, -0.05) is 0 Å². The van der Waals surface area contributed by atoms with E-state index in [0.717, 1.165) is 12.8 Å². The summed E-state index contributed by atoms with van der Waals surface area (Å²) in [7, 11) is 0. The van der Waals surface area contributed by atoms with Crippen LogP contribution in [-0.2, 0) is 11.3 Å². The SMILES string of the molecule is Nc1ccc(=O)n(CC(=O)N2CC(O)(C3CC3)C2)c1. The lowest BCUT2D eigenvalue weighted by Gasteiger charge is -2.47. The molecule has 2 heterocycles. The van der Waals surface area contributed by atoms with E-state index in [1.807, 2.05) is 0 Å². The van der Waals surface area contributed by atoms with Gasteiger partial charge in [-0.05, 0) is 24.8 Å². The lowest BCUT2D eigenvalue weighted by molar-refractivity contribution is -0.159. The van der Waals surface area contributed by atoms with Crippen LogP contribution in [0.2, 0.25) is 0 Å². The maximum Gasteiger partial charge on any atom is 0.251 e. The van der Waals surface area contributed by atoms with Crippen molar-refractivity contribution in [1.29, 1.82) is 0 Å². The highest BCUT2D eigenvalue weighted by molar-refractivity contribution is 5.77. The fraction of sp³-hybridized carbons (Fsp3) is 0.538. The zero-order valence-electron chi connectivity index (χ0n) is 10.6. The van der Waals surface area contributed by atoms with Gasteiger partial charge in [0.05, 0.1) is 13.1 Å². The summed E-state index contributed by atoms with van der Waals surface area (Å²) in [5.41, 5.74) is 5.11. The Morgan fingerprint density at radius 3 is 2.74 bits per heavy atom. The van der Waals surface area contributed by atoms with Crippen LogP contribution >= 0.6 is 0 Å². The van der Waals surface area contributed by atoms with Crippen LogP contribution in [0.1, 0.15) is 12.8 Å². The van der Waals surface area contributed by atoms with Crippen molar-refractivity contribution in [3.8, 4) is 0 Å². The van der Waals surface area contributed by atoms with E-state index in [0.29, 0.717) is 24.7 Å². The van der Waals surface area contributed by atoms with Crippen molar-refractivity contribution in [3.63, 3.8) is 0 Å². The average Bonchev–Trinajstić information content (AvgIpc) is 3.14. The van der Waals surface area contributed by atoms with E-state index in [4.69, 9.17) is 5.73 Å². The highest BCUT2D eigenvalue weighted by Gasteiger charge is 2.53. The monoisotopic (exact) mass is 263 g/mol. The standard InChI is InChI=1S/C13H17N3O3/c14-10-3-4-11(17)15(5-10)6-12(18)16-7-13(19,8-16)9-1-2-9/h3-5,9,19H,1-2,6-8,14H2. The summed E-state index contributed by atoms with van der Waals surface area (Å²) in [6.07, 6.45) is 3.56. The number of nitrogens with two attached hydrogens (primary N) is 1. The number of amides is 1. The van der Waals surface area contributed by atoms with Gasteiger partial charge >= 0.3 is 0 Å². The van der Waals surface area contributed by atoms with Gasteiger partial charge in [-0.15, -0.1) is 0 Å². The van der Waals surface area contributed by atoms with Gasteiger partial charge in [0.15, 0.2) is 0 Å². The third kappa shape index (κ3) is 2.23. The molecule has 2 fully saturated rings. The highest BCUT2D eigenvalue weighted by Crippen LogP contribution is 2.44. The Kier molecular flexibility index (Phi) is 2.63. The number of aliphatic hydroxyl groups is 1. The molecular weight excluding hydrogens is 246 g/mol. The molecule has 2 aliphatic rings. The summed E-state index contributed by atoms with van der Waals surface area (Å²) >= 11 is 0. The first-order valence-corrected chi connectivity index (χ1v) is 6.44. The molecule has 1 aromatic heterocycles. The molecule has 1 aliphatic carbocycles. The molecule has 0 aromatic carbocycles. The lowest BCUT2D eigenvalue weighted by Crippen LogP contribution is -2.65. The van der Waals surface area contributed by atoms with Gasteiger partial charge < -0.3 is 20.3 Å². The Balaban J connectivity index is 1.63. The number of anilines is 1. The van der Waals surface area contributed by atoms with Crippen molar-refractivity contribution in [2.24, 2.45) is 5.92 Å². The quantitative estimate of drug-likeness (QED) is 0.763. The van der Waals surface area contributed by atoms with E-state index in [2.05, 4.69) is 0 Å². The Hall–Kier alpha value is -1.82. The van der Waals surface area contributed by atoms with Gasteiger partial charge in [-0.3, -0.25) is 9.59 Å². The summed E-state index contributed by atoms with van der Waals surface area (Å²) in [4.78, 5) is 25.2. The third-order valence-corrected chi connectivity index (χ3v) is 3.93. The van der Waals surface area contributed by atoms with Crippen molar-refractivity contribution < 1.29 is 9.90 Å². The Bertz CT molecular complexity index is 571. The first-order chi connectivity index (χ1) is 8.98. The molecular formula is C13H17N3O3. The number of carbonyl (C=O) groups excluding carboxylic acids is 1. The predicted octanol–water partition coefficient (Wildman–Crippen LogP) is -0.586. The number of hydrogen-bond acceptors (Lipinski definition) is 4. The molecule has 0 atom stereocenters. The number of aromatic nitrogens is 1. The summed E-state index contributed by atoms with van der Waals surface area (Å²) in [5, 5.41) is 10.2. The van der Waals surface area contributed by atoms with Crippen LogP contribution in [0.3, 0.4) is 0 Å². The fourth-order valence-electron chi connectivity index (χ4n) is 2.59. The molecule has 1 aliphatic heterocycles. The second-order valence-electron chi connectivity index (χ2n) is 5.56. The first kappa shape index (κ1) is 12.2. The number of rotatable bonds is 3. The van der Waals surface area contributed by atoms with Crippen molar-refractivity contribution in [2.75, 3.05) is 18.8 Å². The molecule has 1 aromatic rings. The van der Waals surface area contributed by atoms with Crippen LogP contribution in [0, 0.1) is 5.92 Å². The topological polar surface area (TPSA) is 88.6 Å². The molecule has 0 unspecified atom stereocenters. The first-order valence-electron chi connectivity index (χ1n) is 6.44. The van der Waals surface area contributed by atoms with E-state index in [1.165, 1.54) is 22.9 Å². The number of nitrogens with zero attached hydrogens (tertiary/aromatic N) is 2. The smallest absolute Gasteiger partial charge is 0.251 e. The second-order valence-corrected chi connectivity index (χ2v) is 5.56. The molecule has 3 N–H and O–H groups in total. The Morgan fingerprint density at radius 1 is 1.42 bits per heavy atom. The summed E-state index contributed by atoms with van der Waals surface area (Å²) in [5.74, 6) is 0.199. The van der Waals surface area contributed by atoms with Crippen molar-refractivity contribution in [1.82, 2.24) is 9.47 Å². The fourth-order valence-corrected chi connectivity index (χ4v) is 2.59. The average molecular weight is 263 g/mol. The normalized spacial score (nSPS) is 21.0. The van der Waals surface area contributed by atoms with Gasteiger partial charge in [0.25, 0.3) is 5.56 Å². The van der Waals surface area contributed by atoms with E-state index < -0.39 is 5.60 Å². The number of β-amino-alcohol motifs (C(OH)–C–C–N with tert-alkyl or cyclic N) is 1. The van der Waals surface area contributed by atoms with Crippen LogP contribution in [0.25, 0.3) is 0 Å². The number of carbonyl (C=O) groups is 1. The lowest BCUT2D eigenvalue weighted by atomic mass is 9.89. The van der Waals surface area contributed by atoms with Gasteiger partial charge in [-0.2, -0.15) is 0 Å².